The number of piperazine rings is 1. The van der Waals surface area contributed by atoms with Gasteiger partial charge in [0.1, 0.15) is 0 Å². The average molecular weight is 426 g/mol. The van der Waals surface area contributed by atoms with E-state index in [1.165, 1.54) is 0 Å². The van der Waals surface area contributed by atoms with Crippen molar-refractivity contribution in [3.8, 4) is 0 Å². The van der Waals surface area contributed by atoms with E-state index in [0.717, 1.165) is 0 Å². The lowest BCUT2D eigenvalue weighted by molar-refractivity contribution is -0.137. The summed E-state index contributed by atoms with van der Waals surface area (Å²) in [6.07, 6.45) is 0.273. The molecule has 0 radical (unpaired) electrons. The van der Waals surface area contributed by atoms with Crippen LogP contribution in [0.25, 0.3) is 0 Å². The van der Waals surface area contributed by atoms with Gasteiger partial charge in [-0.2, -0.15) is 0 Å². The molecular formula is C18H24BrN3O4. The standard InChI is InChI=1S/C18H24BrN3O4/c1-18(2,3)22-11-12(10-15(22)23)16(24)20-6-8-21(9-7-20)17(25)13-4-5-14(19)26-13/h4-5,12H,6-11H2,1-3H3. The van der Waals surface area contributed by atoms with Crippen molar-refractivity contribution in [1.82, 2.24) is 14.7 Å². The maximum Gasteiger partial charge on any atom is 0.289 e. The number of nitrogens with zero attached hydrogens (tertiary/aromatic N) is 3. The molecule has 3 rings (SSSR count). The van der Waals surface area contributed by atoms with Crippen molar-refractivity contribution >= 4 is 33.7 Å². The van der Waals surface area contributed by atoms with Crippen LogP contribution in [-0.4, -0.2) is 70.7 Å². The molecule has 26 heavy (non-hydrogen) atoms. The summed E-state index contributed by atoms with van der Waals surface area (Å²) in [6, 6.07) is 3.32. The summed E-state index contributed by atoms with van der Waals surface area (Å²) in [4.78, 5) is 42.6. The summed E-state index contributed by atoms with van der Waals surface area (Å²) >= 11 is 3.19. The molecule has 142 valence electrons. The maximum absolute atomic E-state index is 12.8. The first-order chi connectivity index (χ1) is 12.2. The first kappa shape index (κ1) is 18.9. The number of halogens is 1. The summed E-state index contributed by atoms with van der Waals surface area (Å²) in [5, 5.41) is 0. The number of rotatable bonds is 2. The van der Waals surface area contributed by atoms with Crippen molar-refractivity contribution in [1.29, 1.82) is 0 Å². The largest absolute Gasteiger partial charge is 0.444 e. The number of likely N-dealkylation sites (tertiary alicyclic amines) is 1. The molecule has 1 aromatic heterocycles. The highest BCUT2D eigenvalue weighted by atomic mass is 79.9. The van der Waals surface area contributed by atoms with E-state index in [2.05, 4.69) is 15.9 Å². The van der Waals surface area contributed by atoms with Gasteiger partial charge in [0.05, 0.1) is 5.92 Å². The highest BCUT2D eigenvalue weighted by Crippen LogP contribution is 2.27. The fraction of sp³-hybridized carbons (Fsp3) is 0.611. The number of carbonyl (C=O) groups excluding carboxylic acids is 3. The highest BCUT2D eigenvalue weighted by Gasteiger charge is 2.41. The van der Waals surface area contributed by atoms with Gasteiger partial charge in [-0.3, -0.25) is 14.4 Å². The molecule has 7 nitrogen and oxygen atoms in total. The topological polar surface area (TPSA) is 74.1 Å². The molecule has 2 fully saturated rings. The molecule has 0 N–H and O–H groups in total. The number of furan rings is 1. The van der Waals surface area contributed by atoms with Crippen LogP contribution in [0.5, 0.6) is 0 Å². The normalized spacial score (nSPS) is 21.5. The number of hydrogen-bond acceptors (Lipinski definition) is 4. The molecule has 0 aromatic carbocycles. The van der Waals surface area contributed by atoms with Crippen LogP contribution >= 0.6 is 15.9 Å². The predicted molar refractivity (Wildman–Crippen MR) is 98.5 cm³/mol. The molecule has 1 aromatic rings. The Morgan fingerprint density at radius 1 is 1.12 bits per heavy atom. The number of carbonyl (C=O) groups is 3. The zero-order chi connectivity index (χ0) is 19.1. The molecular weight excluding hydrogens is 402 g/mol. The minimum absolute atomic E-state index is 0.0120. The Morgan fingerprint density at radius 2 is 1.73 bits per heavy atom. The van der Waals surface area contributed by atoms with E-state index in [0.29, 0.717) is 43.2 Å². The first-order valence-corrected chi connectivity index (χ1v) is 9.60. The van der Waals surface area contributed by atoms with Gasteiger partial charge in [0.2, 0.25) is 11.8 Å². The Hall–Kier alpha value is -1.83. The SMILES string of the molecule is CC(C)(C)N1CC(C(=O)N2CCN(C(=O)c3ccc(Br)o3)CC2)CC1=O. The molecule has 0 aliphatic carbocycles. The number of hydrogen-bond donors (Lipinski definition) is 0. The van der Waals surface area contributed by atoms with Crippen LogP contribution in [0.4, 0.5) is 0 Å². The Bertz CT molecular complexity index is 716. The van der Waals surface area contributed by atoms with Crippen molar-refractivity contribution in [2.45, 2.75) is 32.7 Å². The summed E-state index contributed by atoms with van der Waals surface area (Å²) in [6.45, 7) is 8.30. The minimum atomic E-state index is -0.287. The smallest absolute Gasteiger partial charge is 0.289 e. The fourth-order valence-electron chi connectivity index (χ4n) is 3.49. The molecule has 2 aliphatic rings. The van der Waals surface area contributed by atoms with E-state index in [-0.39, 0.29) is 35.6 Å². The molecule has 2 aliphatic heterocycles. The molecule has 0 spiro atoms. The van der Waals surface area contributed by atoms with Gasteiger partial charge in [-0.25, -0.2) is 0 Å². The Labute approximate surface area is 161 Å². The third-order valence-electron chi connectivity index (χ3n) is 4.95. The summed E-state index contributed by atoms with van der Waals surface area (Å²) in [5.41, 5.74) is -0.269. The monoisotopic (exact) mass is 425 g/mol. The predicted octanol–water partition coefficient (Wildman–Crippen LogP) is 1.97. The number of amides is 3. The van der Waals surface area contributed by atoms with Gasteiger partial charge in [-0.1, -0.05) is 0 Å². The third-order valence-corrected chi connectivity index (χ3v) is 5.37. The van der Waals surface area contributed by atoms with Gasteiger partial charge in [-0.15, -0.1) is 0 Å². The summed E-state index contributed by atoms with van der Waals surface area (Å²) < 4.78 is 5.83. The summed E-state index contributed by atoms with van der Waals surface area (Å²) in [5.74, 6) is -0.118. The lowest BCUT2D eigenvalue weighted by Crippen LogP contribution is -2.52. The fourth-order valence-corrected chi connectivity index (χ4v) is 3.80. The maximum atomic E-state index is 12.8. The third kappa shape index (κ3) is 3.79. The lowest BCUT2D eigenvalue weighted by atomic mass is 10.1. The van der Waals surface area contributed by atoms with Crippen LogP contribution in [0.3, 0.4) is 0 Å². The van der Waals surface area contributed by atoms with E-state index < -0.39 is 0 Å². The van der Waals surface area contributed by atoms with Crippen LogP contribution in [-0.2, 0) is 9.59 Å². The molecule has 8 heteroatoms. The zero-order valence-corrected chi connectivity index (χ0v) is 16.9. The Morgan fingerprint density at radius 3 is 2.23 bits per heavy atom. The van der Waals surface area contributed by atoms with E-state index >= 15 is 0 Å². The highest BCUT2D eigenvalue weighted by molar-refractivity contribution is 9.10. The molecule has 0 saturated carbocycles. The van der Waals surface area contributed by atoms with Crippen molar-refractivity contribution < 1.29 is 18.8 Å². The molecule has 3 amide bonds. The second kappa shape index (κ2) is 7.06. The Kier molecular flexibility index (Phi) is 5.14. The minimum Gasteiger partial charge on any atom is -0.444 e. The van der Waals surface area contributed by atoms with Crippen molar-refractivity contribution in [3.63, 3.8) is 0 Å². The summed E-state index contributed by atoms with van der Waals surface area (Å²) in [7, 11) is 0. The molecule has 2 saturated heterocycles. The molecule has 1 atom stereocenters. The first-order valence-electron chi connectivity index (χ1n) is 8.80. The van der Waals surface area contributed by atoms with Crippen LogP contribution in [0.1, 0.15) is 37.7 Å². The van der Waals surface area contributed by atoms with Crippen LogP contribution in [0, 0.1) is 5.92 Å². The zero-order valence-electron chi connectivity index (χ0n) is 15.3. The van der Waals surface area contributed by atoms with Crippen molar-refractivity contribution in [3.05, 3.63) is 22.6 Å². The van der Waals surface area contributed by atoms with Crippen molar-refractivity contribution in [2.75, 3.05) is 32.7 Å². The van der Waals surface area contributed by atoms with Gasteiger partial charge in [0, 0.05) is 44.7 Å². The Balaban J connectivity index is 1.56. The molecule has 3 heterocycles. The van der Waals surface area contributed by atoms with Gasteiger partial charge in [0.25, 0.3) is 5.91 Å². The molecule has 1 unspecified atom stereocenters. The van der Waals surface area contributed by atoms with Gasteiger partial charge in [0.15, 0.2) is 10.4 Å². The van der Waals surface area contributed by atoms with E-state index in [1.807, 2.05) is 20.8 Å². The quantitative estimate of drug-likeness (QED) is 0.725. The van der Waals surface area contributed by atoms with Gasteiger partial charge >= 0.3 is 0 Å². The van der Waals surface area contributed by atoms with E-state index in [9.17, 15) is 14.4 Å². The van der Waals surface area contributed by atoms with Gasteiger partial charge < -0.3 is 19.1 Å². The lowest BCUT2D eigenvalue weighted by Gasteiger charge is -2.36. The van der Waals surface area contributed by atoms with Crippen LogP contribution in [0.2, 0.25) is 0 Å². The van der Waals surface area contributed by atoms with E-state index in [1.54, 1.807) is 26.8 Å². The molecule has 0 bridgehead atoms. The van der Waals surface area contributed by atoms with Crippen LogP contribution in [0.15, 0.2) is 21.2 Å². The van der Waals surface area contributed by atoms with Crippen LogP contribution < -0.4 is 0 Å². The van der Waals surface area contributed by atoms with Crippen molar-refractivity contribution in [2.24, 2.45) is 5.92 Å². The van der Waals surface area contributed by atoms with Gasteiger partial charge in [-0.05, 0) is 48.8 Å². The average Bonchev–Trinajstić information content (AvgIpc) is 3.19. The second-order valence-corrected chi connectivity index (χ2v) is 8.58. The second-order valence-electron chi connectivity index (χ2n) is 7.80. The van der Waals surface area contributed by atoms with E-state index in [4.69, 9.17) is 4.42 Å².